The fourth-order valence-electron chi connectivity index (χ4n) is 2.19. The first-order chi connectivity index (χ1) is 8.04. The lowest BCUT2D eigenvalue weighted by molar-refractivity contribution is -0.130. The smallest absolute Gasteiger partial charge is 0.106 e. The minimum atomic E-state index is -1.29. The highest BCUT2D eigenvalue weighted by Gasteiger charge is 2.42. The summed E-state index contributed by atoms with van der Waals surface area (Å²) in [4.78, 5) is 0. The van der Waals surface area contributed by atoms with Gasteiger partial charge in [-0.05, 0) is 6.42 Å². The van der Waals surface area contributed by atoms with E-state index >= 15 is 0 Å². The van der Waals surface area contributed by atoms with Gasteiger partial charge in [0.1, 0.15) is 6.10 Å². The van der Waals surface area contributed by atoms with Crippen LogP contribution in [0.3, 0.4) is 0 Å². The molecular weight excluding hydrogens is 230 g/mol. The minimum absolute atomic E-state index is 0.139. The van der Waals surface area contributed by atoms with Gasteiger partial charge in [0.15, 0.2) is 0 Å². The van der Waals surface area contributed by atoms with Gasteiger partial charge in [-0.1, -0.05) is 0 Å². The van der Waals surface area contributed by atoms with Crippen molar-refractivity contribution >= 4 is 0 Å². The summed E-state index contributed by atoms with van der Waals surface area (Å²) in [5, 5.41) is 58.6. The lowest BCUT2D eigenvalue weighted by atomic mass is 9.79. The molecule has 1 aliphatic carbocycles. The second kappa shape index (κ2) is 6.60. The highest BCUT2D eigenvalue weighted by molar-refractivity contribution is 4.96. The van der Waals surface area contributed by atoms with Gasteiger partial charge in [0.05, 0.1) is 31.5 Å². The monoisotopic (exact) mass is 251 g/mol. The predicted octanol–water partition coefficient (Wildman–Crippen LogP) is -3.61. The Kier molecular flexibility index (Phi) is 5.74. The van der Waals surface area contributed by atoms with E-state index < -0.39 is 36.3 Å². The molecular formula is C10H21NO6. The van der Waals surface area contributed by atoms with Gasteiger partial charge in [0.25, 0.3) is 0 Å². The third kappa shape index (κ3) is 3.35. The van der Waals surface area contributed by atoms with Crippen LogP contribution in [0.15, 0.2) is 0 Å². The first-order valence-corrected chi connectivity index (χ1v) is 5.68. The molecule has 0 bridgehead atoms. The zero-order chi connectivity index (χ0) is 13.0. The maximum atomic E-state index is 9.70. The van der Waals surface area contributed by atoms with Gasteiger partial charge in [-0.3, -0.25) is 0 Å². The zero-order valence-electron chi connectivity index (χ0n) is 9.48. The van der Waals surface area contributed by atoms with Crippen LogP contribution in [0.4, 0.5) is 0 Å². The highest BCUT2D eigenvalue weighted by Crippen LogP contribution is 2.26. The molecule has 1 rings (SSSR count). The van der Waals surface area contributed by atoms with E-state index in [0.717, 1.165) is 0 Å². The van der Waals surface area contributed by atoms with Crippen LogP contribution in [-0.4, -0.2) is 80.9 Å². The Bertz CT molecular complexity index is 225. The third-order valence-electron chi connectivity index (χ3n) is 3.30. The molecule has 7 nitrogen and oxygen atoms in total. The number of hydrogen-bond donors (Lipinski definition) is 7. The average Bonchev–Trinajstić information content (AvgIpc) is 2.33. The molecule has 0 spiro atoms. The van der Waals surface area contributed by atoms with Crippen LogP contribution in [0.2, 0.25) is 0 Å². The third-order valence-corrected chi connectivity index (χ3v) is 3.30. The quantitative estimate of drug-likeness (QED) is 0.268. The summed E-state index contributed by atoms with van der Waals surface area (Å²) in [5.41, 5.74) is 0. The molecule has 1 saturated carbocycles. The number of aliphatic hydroxyl groups excluding tert-OH is 6. The highest BCUT2D eigenvalue weighted by atomic mass is 16.4. The molecule has 1 fully saturated rings. The van der Waals surface area contributed by atoms with Crippen LogP contribution in [0.25, 0.3) is 0 Å². The number of hydrogen-bond acceptors (Lipinski definition) is 7. The van der Waals surface area contributed by atoms with E-state index in [1.54, 1.807) is 0 Å². The van der Waals surface area contributed by atoms with Crippen molar-refractivity contribution in [2.24, 2.45) is 5.92 Å². The SMILES string of the molecule is OCC(CO)N[C@H]1C[C@H](O)[C@@H](O)[C@H](O)[C@H]1CO. The Morgan fingerprint density at radius 1 is 1.00 bits per heavy atom. The molecule has 17 heavy (non-hydrogen) atoms. The topological polar surface area (TPSA) is 133 Å². The minimum Gasteiger partial charge on any atom is -0.396 e. The Morgan fingerprint density at radius 2 is 1.59 bits per heavy atom. The van der Waals surface area contributed by atoms with Crippen molar-refractivity contribution in [3.05, 3.63) is 0 Å². The van der Waals surface area contributed by atoms with Crippen molar-refractivity contribution in [2.45, 2.75) is 36.8 Å². The van der Waals surface area contributed by atoms with Gasteiger partial charge >= 0.3 is 0 Å². The summed E-state index contributed by atoms with van der Waals surface area (Å²) in [5.74, 6) is -0.644. The molecule has 7 N–H and O–H groups in total. The summed E-state index contributed by atoms with van der Waals surface area (Å²) >= 11 is 0. The standard InChI is InChI=1S/C10H21NO6/c12-2-5(3-13)11-7-1-8(15)10(17)9(16)6(7)4-14/h5-17H,1-4H2/t6-,7-,8-,9+,10+/m0/s1. The van der Waals surface area contributed by atoms with Gasteiger partial charge < -0.3 is 36.0 Å². The predicted molar refractivity (Wildman–Crippen MR) is 58.1 cm³/mol. The maximum absolute atomic E-state index is 9.70. The molecule has 1 aliphatic rings. The molecule has 0 saturated heterocycles. The first-order valence-electron chi connectivity index (χ1n) is 5.68. The molecule has 0 amide bonds. The molecule has 0 aliphatic heterocycles. The molecule has 7 heteroatoms. The van der Waals surface area contributed by atoms with Gasteiger partial charge in [-0.2, -0.15) is 0 Å². The molecule has 0 heterocycles. The van der Waals surface area contributed by atoms with E-state index in [9.17, 15) is 20.4 Å². The van der Waals surface area contributed by atoms with Gasteiger partial charge in [0, 0.05) is 18.6 Å². The average molecular weight is 251 g/mol. The Morgan fingerprint density at radius 3 is 2.06 bits per heavy atom. The van der Waals surface area contributed by atoms with Crippen LogP contribution in [-0.2, 0) is 0 Å². The Hall–Kier alpha value is -0.280. The van der Waals surface area contributed by atoms with Crippen molar-refractivity contribution in [3.8, 4) is 0 Å². The second-order valence-corrected chi connectivity index (χ2v) is 4.47. The summed E-state index contributed by atoms with van der Waals surface area (Å²) in [7, 11) is 0. The van der Waals surface area contributed by atoms with E-state index in [1.807, 2.05) is 0 Å². The van der Waals surface area contributed by atoms with Crippen molar-refractivity contribution in [1.29, 1.82) is 0 Å². The zero-order valence-corrected chi connectivity index (χ0v) is 9.48. The van der Waals surface area contributed by atoms with Crippen LogP contribution >= 0.6 is 0 Å². The number of rotatable bonds is 5. The van der Waals surface area contributed by atoms with E-state index in [1.165, 1.54) is 0 Å². The van der Waals surface area contributed by atoms with Crippen LogP contribution < -0.4 is 5.32 Å². The Labute approximate surface area is 99.3 Å². The molecule has 5 atom stereocenters. The molecule has 0 unspecified atom stereocenters. The van der Waals surface area contributed by atoms with E-state index in [2.05, 4.69) is 5.32 Å². The van der Waals surface area contributed by atoms with Gasteiger partial charge in [0.2, 0.25) is 0 Å². The Balaban J connectivity index is 2.68. The van der Waals surface area contributed by atoms with Crippen LogP contribution in [0, 0.1) is 5.92 Å². The lowest BCUT2D eigenvalue weighted by Crippen LogP contribution is -2.60. The van der Waals surface area contributed by atoms with Gasteiger partial charge in [-0.15, -0.1) is 0 Å². The second-order valence-electron chi connectivity index (χ2n) is 4.47. The molecule has 0 aromatic carbocycles. The van der Waals surface area contributed by atoms with Crippen molar-refractivity contribution in [3.63, 3.8) is 0 Å². The summed E-state index contributed by atoms with van der Waals surface area (Å²) in [6.07, 6.45) is -3.48. The largest absolute Gasteiger partial charge is 0.396 e. The summed E-state index contributed by atoms with van der Waals surface area (Å²) < 4.78 is 0. The maximum Gasteiger partial charge on any atom is 0.106 e. The number of nitrogens with one attached hydrogen (secondary N) is 1. The summed E-state index contributed by atoms with van der Waals surface area (Å²) in [6.45, 7) is -0.939. The van der Waals surface area contributed by atoms with Gasteiger partial charge in [-0.25, -0.2) is 0 Å². The molecule has 102 valence electrons. The molecule has 0 aromatic heterocycles. The van der Waals surface area contributed by atoms with Crippen molar-refractivity contribution in [1.82, 2.24) is 5.32 Å². The van der Waals surface area contributed by atoms with Crippen LogP contribution in [0.1, 0.15) is 6.42 Å². The number of aliphatic hydroxyl groups is 6. The molecule has 0 radical (unpaired) electrons. The summed E-state index contributed by atoms with van der Waals surface area (Å²) in [6, 6.07) is -1.05. The van der Waals surface area contributed by atoms with E-state index in [4.69, 9.17) is 10.2 Å². The molecule has 0 aromatic rings. The van der Waals surface area contributed by atoms with E-state index in [0.29, 0.717) is 0 Å². The van der Waals surface area contributed by atoms with Crippen molar-refractivity contribution < 1.29 is 30.6 Å². The lowest BCUT2D eigenvalue weighted by Gasteiger charge is -2.41. The van der Waals surface area contributed by atoms with Crippen molar-refractivity contribution in [2.75, 3.05) is 19.8 Å². The first kappa shape index (κ1) is 14.8. The normalized spacial score (nSPS) is 38.6. The fourth-order valence-corrected chi connectivity index (χ4v) is 2.19. The van der Waals surface area contributed by atoms with E-state index in [-0.39, 0.29) is 26.2 Å². The fraction of sp³-hybridized carbons (Fsp3) is 1.00. The van der Waals surface area contributed by atoms with Crippen LogP contribution in [0.5, 0.6) is 0 Å².